The molecule has 2 aliphatic heterocycles. The fraction of sp³-hybridized carbons (Fsp3) is 0.846. The van der Waals surface area contributed by atoms with Crippen LogP contribution in [0.3, 0.4) is 0 Å². The van der Waals surface area contributed by atoms with Gasteiger partial charge in [0.1, 0.15) is 0 Å². The minimum atomic E-state index is -0.0372. The third-order valence-electron chi connectivity index (χ3n) is 3.83. The van der Waals surface area contributed by atoms with E-state index in [1.807, 2.05) is 4.90 Å². The summed E-state index contributed by atoms with van der Waals surface area (Å²) in [5, 5.41) is 0. The molecule has 2 saturated heterocycles. The molecule has 5 heteroatoms. The van der Waals surface area contributed by atoms with Crippen LogP contribution in [-0.4, -0.2) is 41.1 Å². The molecule has 0 saturated carbocycles. The van der Waals surface area contributed by atoms with Crippen molar-refractivity contribution in [3.63, 3.8) is 0 Å². The molecule has 2 N–H and O–H groups in total. The van der Waals surface area contributed by atoms with Crippen LogP contribution in [-0.2, 0) is 9.53 Å². The Morgan fingerprint density at radius 2 is 2.06 bits per heavy atom. The summed E-state index contributed by atoms with van der Waals surface area (Å²) in [5.41, 5.74) is 5.73. The molecule has 2 heterocycles. The second kappa shape index (κ2) is 6.48. The Balaban J connectivity index is 1.91. The summed E-state index contributed by atoms with van der Waals surface area (Å²) in [5.74, 6) is 0.152. The summed E-state index contributed by atoms with van der Waals surface area (Å²) < 4.78 is 5.62. The summed E-state index contributed by atoms with van der Waals surface area (Å²) in [6.45, 7) is 1.57. The van der Waals surface area contributed by atoms with Crippen LogP contribution >= 0.6 is 12.2 Å². The molecule has 2 aliphatic rings. The highest BCUT2D eigenvalue weighted by Gasteiger charge is 2.30. The number of thiocarbonyl (C=S) groups is 1. The molecule has 0 spiro atoms. The van der Waals surface area contributed by atoms with Crippen molar-refractivity contribution < 1.29 is 9.53 Å². The zero-order chi connectivity index (χ0) is 13.0. The number of carbonyl (C=O) groups excluding carboxylic acids is 1. The Kier molecular flexibility index (Phi) is 4.95. The number of amides is 1. The summed E-state index contributed by atoms with van der Waals surface area (Å²) in [6.07, 6.45) is 6.92. The van der Waals surface area contributed by atoms with E-state index in [-0.39, 0.29) is 18.1 Å². The first kappa shape index (κ1) is 13.7. The van der Waals surface area contributed by atoms with Crippen LogP contribution in [0.1, 0.15) is 44.9 Å². The van der Waals surface area contributed by atoms with Gasteiger partial charge in [-0.15, -0.1) is 0 Å². The van der Waals surface area contributed by atoms with Crippen molar-refractivity contribution in [3.05, 3.63) is 0 Å². The molecule has 2 rings (SSSR count). The van der Waals surface area contributed by atoms with Crippen LogP contribution in [0, 0.1) is 0 Å². The minimum Gasteiger partial charge on any atom is -0.392 e. The fourth-order valence-corrected chi connectivity index (χ4v) is 3.05. The van der Waals surface area contributed by atoms with Crippen molar-refractivity contribution in [2.45, 2.75) is 57.1 Å². The van der Waals surface area contributed by atoms with E-state index in [1.54, 1.807) is 0 Å². The van der Waals surface area contributed by atoms with E-state index in [1.165, 1.54) is 0 Å². The van der Waals surface area contributed by atoms with Crippen molar-refractivity contribution in [1.29, 1.82) is 0 Å². The van der Waals surface area contributed by atoms with Crippen molar-refractivity contribution >= 4 is 23.1 Å². The number of likely N-dealkylation sites (tertiary alicyclic amines) is 1. The standard InChI is InChI=1S/C13H22N2O2S/c14-13(18)11-6-1-3-7-15(11)12(16)9-10-5-2-4-8-17-10/h10-11H,1-9H2,(H2,14,18). The van der Waals surface area contributed by atoms with Crippen molar-refractivity contribution in [2.24, 2.45) is 5.73 Å². The highest BCUT2D eigenvalue weighted by molar-refractivity contribution is 7.80. The topological polar surface area (TPSA) is 55.6 Å². The van der Waals surface area contributed by atoms with E-state index in [0.717, 1.165) is 51.7 Å². The molecule has 0 aliphatic carbocycles. The lowest BCUT2D eigenvalue weighted by atomic mass is 10.00. The zero-order valence-corrected chi connectivity index (χ0v) is 11.6. The average molecular weight is 270 g/mol. The third kappa shape index (κ3) is 3.42. The fourth-order valence-electron chi connectivity index (χ4n) is 2.81. The Morgan fingerprint density at radius 3 is 2.72 bits per heavy atom. The Bertz CT molecular complexity index is 316. The molecule has 18 heavy (non-hydrogen) atoms. The van der Waals surface area contributed by atoms with Crippen LogP contribution in [0.4, 0.5) is 0 Å². The predicted octanol–water partition coefficient (Wildman–Crippen LogP) is 1.61. The van der Waals surface area contributed by atoms with E-state index in [2.05, 4.69) is 0 Å². The van der Waals surface area contributed by atoms with Gasteiger partial charge in [-0.25, -0.2) is 0 Å². The van der Waals surface area contributed by atoms with Crippen LogP contribution in [0.15, 0.2) is 0 Å². The van der Waals surface area contributed by atoms with Gasteiger partial charge in [0.25, 0.3) is 0 Å². The summed E-state index contributed by atoms with van der Waals surface area (Å²) in [7, 11) is 0. The maximum Gasteiger partial charge on any atom is 0.225 e. The molecule has 2 unspecified atom stereocenters. The molecular weight excluding hydrogens is 248 g/mol. The van der Waals surface area contributed by atoms with E-state index in [9.17, 15) is 4.79 Å². The molecular formula is C13H22N2O2S. The number of hydrogen-bond donors (Lipinski definition) is 1. The first-order valence-electron chi connectivity index (χ1n) is 6.89. The normalized spacial score (nSPS) is 29.0. The first-order valence-corrected chi connectivity index (χ1v) is 7.29. The van der Waals surface area contributed by atoms with Crippen LogP contribution in [0.25, 0.3) is 0 Å². The number of piperidine rings is 1. The lowest BCUT2D eigenvalue weighted by molar-refractivity contribution is -0.137. The molecule has 2 fully saturated rings. The van der Waals surface area contributed by atoms with Crippen LogP contribution in [0.2, 0.25) is 0 Å². The maximum atomic E-state index is 12.3. The van der Waals surface area contributed by atoms with Gasteiger partial charge in [0.15, 0.2) is 0 Å². The number of nitrogens with zero attached hydrogens (tertiary/aromatic N) is 1. The van der Waals surface area contributed by atoms with Gasteiger partial charge < -0.3 is 15.4 Å². The van der Waals surface area contributed by atoms with Crippen molar-refractivity contribution in [3.8, 4) is 0 Å². The van der Waals surface area contributed by atoms with Gasteiger partial charge in [0.2, 0.25) is 5.91 Å². The molecule has 0 aromatic rings. The quantitative estimate of drug-likeness (QED) is 0.792. The van der Waals surface area contributed by atoms with Gasteiger partial charge in [-0.1, -0.05) is 12.2 Å². The van der Waals surface area contributed by atoms with Crippen molar-refractivity contribution in [1.82, 2.24) is 4.90 Å². The second-order valence-corrected chi connectivity index (χ2v) is 5.67. The monoisotopic (exact) mass is 270 g/mol. The molecule has 102 valence electrons. The van der Waals surface area contributed by atoms with Crippen LogP contribution < -0.4 is 5.73 Å². The summed E-state index contributed by atoms with van der Waals surface area (Å²) in [6, 6.07) is -0.0372. The highest BCUT2D eigenvalue weighted by Crippen LogP contribution is 2.21. The highest BCUT2D eigenvalue weighted by atomic mass is 32.1. The van der Waals surface area contributed by atoms with Gasteiger partial charge in [-0.2, -0.15) is 0 Å². The van der Waals surface area contributed by atoms with E-state index in [4.69, 9.17) is 22.7 Å². The van der Waals surface area contributed by atoms with Crippen molar-refractivity contribution in [2.75, 3.05) is 13.2 Å². The predicted molar refractivity (Wildman–Crippen MR) is 74.3 cm³/mol. The molecule has 4 nitrogen and oxygen atoms in total. The molecule has 0 aromatic carbocycles. The third-order valence-corrected chi connectivity index (χ3v) is 4.10. The SMILES string of the molecule is NC(=S)C1CCCCN1C(=O)CC1CCCCO1. The van der Waals surface area contributed by atoms with Crippen LogP contribution in [0.5, 0.6) is 0 Å². The van der Waals surface area contributed by atoms with Gasteiger partial charge in [0.05, 0.1) is 23.6 Å². The minimum absolute atomic E-state index is 0.0372. The lowest BCUT2D eigenvalue weighted by Crippen LogP contribution is -2.50. The second-order valence-electron chi connectivity index (χ2n) is 5.19. The number of rotatable bonds is 3. The van der Waals surface area contributed by atoms with E-state index >= 15 is 0 Å². The van der Waals surface area contributed by atoms with Gasteiger partial charge in [-0.05, 0) is 38.5 Å². The number of nitrogens with two attached hydrogens (primary N) is 1. The molecule has 0 radical (unpaired) electrons. The summed E-state index contributed by atoms with van der Waals surface area (Å²) >= 11 is 5.07. The van der Waals surface area contributed by atoms with Gasteiger partial charge in [-0.3, -0.25) is 4.79 Å². The largest absolute Gasteiger partial charge is 0.392 e. The lowest BCUT2D eigenvalue weighted by Gasteiger charge is -2.36. The first-order chi connectivity index (χ1) is 8.68. The number of hydrogen-bond acceptors (Lipinski definition) is 3. The van der Waals surface area contributed by atoms with E-state index < -0.39 is 0 Å². The van der Waals surface area contributed by atoms with Gasteiger partial charge >= 0.3 is 0 Å². The number of ether oxygens (including phenoxy) is 1. The smallest absolute Gasteiger partial charge is 0.225 e. The average Bonchev–Trinajstić information content (AvgIpc) is 2.40. The molecule has 1 amide bonds. The Labute approximate surface area is 114 Å². The molecule has 0 aromatic heterocycles. The number of carbonyl (C=O) groups is 1. The Morgan fingerprint density at radius 1 is 1.28 bits per heavy atom. The van der Waals surface area contributed by atoms with E-state index in [0.29, 0.717) is 11.4 Å². The summed E-state index contributed by atoms with van der Waals surface area (Å²) in [4.78, 5) is 14.6. The molecule has 0 bridgehead atoms. The Hall–Kier alpha value is -0.680. The molecule has 2 atom stereocenters. The maximum absolute atomic E-state index is 12.3. The zero-order valence-electron chi connectivity index (χ0n) is 10.8. The van der Waals surface area contributed by atoms with Gasteiger partial charge in [0, 0.05) is 13.2 Å².